The van der Waals surface area contributed by atoms with E-state index in [1.165, 1.54) is 4.88 Å². The highest BCUT2D eigenvalue weighted by atomic mass is 32.1. The molecule has 84 valence electrons. The van der Waals surface area contributed by atoms with Crippen molar-refractivity contribution in [1.82, 2.24) is 5.32 Å². The van der Waals surface area contributed by atoms with Crippen LogP contribution in [-0.2, 0) is 4.79 Å². The Hall–Kier alpha value is -0.910. The van der Waals surface area contributed by atoms with Gasteiger partial charge in [-0.15, -0.1) is 11.3 Å². The van der Waals surface area contributed by atoms with Crippen LogP contribution in [0.2, 0.25) is 0 Å². The number of nitrogens with one attached hydrogen (secondary N) is 1. The number of nitrogens with two attached hydrogens (primary N) is 2. The SMILES string of the molecule is CCC(NCC(N)C(N)=O)c1cccs1. The standard InChI is InChI=1S/C10H17N3OS/c1-2-8(9-4-3-5-15-9)13-6-7(11)10(12)14/h3-5,7-8,13H,2,6,11H2,1H3,(H2,12,14). The molecule has 1 rings (SSSR count). The van der Waals surface area contributed by atoms with Crippen molar-refractivity contribution in [3.05, 3.63) is 22.4 Å². The first kappa shape index (κ1) is 12.2. The first-order chi connectivity index (χ1) is 7.15. The van der Waals surface area contributed by atoms with Crippen molar-refractivity contribution in [3.8, 4) is 0 Å². The number of primary amides is 1. The zero-order chi connectivity index (χ0) is 11.3. The lowest BCUT2D eigenvalue weighted by atomic mass is 10.1. The lowest BCUT2D eigenvalue weighted by Gasteiger charge is -2.17. The smallest absolute Gasteiger partial charge is 0.235 e. The topological polar surface area (TPSA) is 81.1 Å². The van der Waals surface area contributed by atoms with Crippen molar-refractivity contribution in [2.45, 2.75) is 25.4 Å². The summed E-state index contributed by atoms with van der Waals surface area (Å²) in [6.45, 7) is 2.51. The van der Waals surface area contributed by atoms with Crippen molar-refractivity contribution >= 4 is 17.2 Å². The Bertz CT molecular complexity index is 300. The molecule has 0 radical (unpaired) electrons. The number of amides is 1. The van der Waals surface area contributed by atoms with Gasteiger partial charge in [-0.2, -0.15) is 0 Å². The molecule has 0 fully saturated rings. The summed E-state index contributed by atoms with van der Waals surface area (Å²) in [7, 11) is 0. The van der Waals surface area contributed by atoms with Gasteiger partial charge in [-0.05, 0) is 17.9 Å². The van der Waals surface area contributed by atoms with Crippen LogP contribution in [-0.4, -0.2) is 18.5 Å². The monoisotopic (exact) mass is 227 g/mol. The fourth-order valence-electron chi connectivity index (χ4n) is 1.31. The lowest BCUT2D eigenvalue weighted by molar-refractivity contribution is -0.119. The Balaban J connectivity index is 2.45. The van der Waals surface area contributed by atoms with Gasteiger partial charge in [-0.3, -0.25) is 4.79 Å². The van der Waals surface area contributed by atoms with Crippen LogP contribution in [0.15, 0.2) is 17.5 Å². The molecule has 1 amide bonds. The minimum absolute atomic E-state index is 0.260. The second-order valence-electron chi connectivity index (χ2n) is 3.39. The third-order valence-electron chi connectivity index (χ3n) is 2.24. The summed E-state index contributed by atoms with van der Waals surface area (Å²) in [5, 5.41) is 5.27. The van der Waals surface area contributed by atoms with Crippen LogP contribution in [0.5, 0.6) is 0 Å². The van der Waals surface area contributed by atoms with Gasteiger partial charge in [-0.25, -0.2) is 0 Å². The summed E-state index contributed by atoms with van der Waals surface area (Å²) >= 11 is 1.70. The maximum atomic E-state index is 10.7. The highest BCUT2D eigenvalue weighted by molar-refractivity contribution is 7.10. The molecule has 0 saturated heterocycles. The van der Waals surface area contributed by atoms with Crippen molar-refractivity contribution in [2.75, 3.05) is 6.54 Å². The maximum absolute atomic E-state index is 10.7. The van der Waals surface area contributed by atoms with E-state index in [9.17, 15) is 4.79 Å². The zero-order valence-corrected chi connectivity index (χ0v) is 9.59. The third kappa shape index (κ3) is 3.62. The molecule has 2 atom stereocenters. The van der Waals surface area contributed by atoms with E-state index in [1.807, 2.05) is 11.4 Å². The summed E-state index contributed by atoms with van der Waals surface area (Å²) < 4.78 is 0. The largest absolute Gasteiger partial charge is 0.368 e. The highest BCUT2D eigenvalue weighted by Gasteiger charge is 2.13. The molecular formula is C10H17N3OS. The van der Waals surface area contributed by atoms with Gasteiger partial charge in [0.2, 0.25) is 5.91 Å². The number of hydrogen-bond acceptors (Lipinski definition) is 4. The molecular weight excluding hydrogens is 210 g/mol. The fourth-order valence-corrected chi connectivity index (χ4v) is 2.19. The highest BCUT2D eigenvalue weighted by Crippen LogP contribution is 2.21. The van der Waals surface area contributed by atoms with Crippen LogP contribution in [0.25, 0.3) is 0 Å². The molecule has 0 aliphatic carbocycles. The Morgan fingerprint density at radius 1 is 1.67 bits per heavy atom. The van der Waals surface area contributed by atoms with Crippen LogP contribution in [0.3, 0.4) is 0 Å². The Kier molecular flexibility index (Phi) is 4.74. The molecule has 0 aliphatic rings. The van der Waals surface area contributed by atoms with Crippen LogP contribution < -0.4 is 16.8 Å². The summed E-state index contributed by atoms with van der Waals surface area (Å²) in [6, 6.07) is 3.73. The molecule has 2 unspecified atom stereocenters. The molecule has 1 aromatic rings. The number of carbonyl (C=O) groups is 1. The molecule has 15 heavy (non-hydrogen) atoms. The molecule has 1 heterocycles. The van der Waals surface area contributed by atoms with Crippen molar-refractivity contribution in [1.29, 1.82) is 0 Å². The number of rotatable bonds is 6. The molecule has 0 bridgehead atoms. The van der Waals surface area contributed by atoms with Gasteiger partial charge in [0, 0.05) is 17.5 Å². The predicted octanol–water partition coefficient (Wildman–Crippen LogP) is 0.601. The van der Waals surface area contributed by atoms with Crippen LogP contribution in [0.4, 0.5) is 0 Å². The van der Waals surface area contributed by atoms with E-state index < -0.39 is 11.9 Å². The van der Waals surface area contributed by atoms with E-state index in [1.54, 1.807) is 11.3 Å². The fraction of sp³-hybridized carbons (Fsp3) is 0.500. The number of carbonyl (C=O) groups excluding carboxylic acids is 1. The van der Waals surface area contributed by atoms with E-state index in [0.717, 1.165) is 6.42 Å². The molecule has 5 N–H and O–H groups in total. The minimum Gasteiger partial charge on any atom is -0.368 e. The molecule has 0 saturated carbocycles. The van der Waals surface area contributed by atoms with Gasteiger partial charge in [0.1, 0.15) is 0 Å². The third-order valence-corrected chi connectivity index (χ3v) is 3.23. The molecule has 0 aliphatic heterocycles. The summed E-state index contributed by atoms with van der Waals surface area (Å²) in [5.74, 6) is -0.469. The first-order valence-corrected chi connectivity index (χ1v) is 5.84. The summed E-state index contributed by atoms with van der Waals surface area (Å²) in [4.78, 5) is 12.0. The van der Waals surface area contributed by atoms with Gasteiger partial charge in [0.15, 0.2) is 0 Å². The van der Waals surface area contributed by atoms with E-state index >= 15 is 0 Å². The zero-order valence-electron chi connectivity index (χ0n) is 8.77. The van der Waals surface area contributed by atoms with Gasteiger partial charge < -0.3 is 16.8 Å². The van der Waals surface area contributed by atoms with E-state index in [4.69, 9.17) is 11.5 Å². The number of thiophene rings is 1. The Labute approximate surface area is 93.7 Å². The second-order valence-corrected chi connectivity index (χ2v) is 4.37. The minimum atomic E-state index is -0.612. The van der Waals surface area contributed by atoms with Crippen molar-refractivity contribution < 1.29 is 4.79 Å². The first-order valence-electron chi connectivity index (χ1n) is 4.96. The molecule has 5 heteroatoms. The van der Waals surface area contributed by atoms with Crippen LogP contribution >= 0.6 is 11.3 Å². The lowest BCUT2D eigenvalue weighted by Crippen LogP contribution is -2.45. The maximum Gasteiger partial charge on any atom is 0.235 e. The van der Waals surface area contributed by atoms with Crippen LogP contribution in [0.1, 0.15) is 24.3 Å². The van der Waals surface area contributed by atoms with E-state index in [2.05, 4.69) is 18.3 Å². The van der Waals surface area contributed by atoms with Gasteiger partial charge in [0.05, 0.1) is 6.04 Å². The predicted molar refractivity (Wildman–Crippen MR) is 62.5 cm³/mol. The average molecular weight is 227 g/mol. The Morgan fingerprint density at radius 2 is 2.40 bits per heavy atom. The molecule has 1 aromatic heterocycles. The van der Waals surface area contributed by atoms with Crippen molar-refractivity contribution in [3.63, 3.8) is 0 Å². The quantitative estimate of drug-likeness (QED) is 0.665. The average Bonchev–Trinajstić information content (AvgIpc) is 2.71. The molecule has 0 spiro atoms. The van der Waals surface area contributed by atoms with Crippen molar-refractivity contribution in [2.24, 2.45) is 11.5 Å². The molecule has 4 nitrogen and oxygen atoms in total. The number of hydrogen-bond donors (Lipinski definition) is 3. The van der Waals surface area contributed by atoms with E-state index in [-0.39, 0.29) is 6.04 Å². The van der Waals surface area contributed by atoms with Crippen LogP contribution in [0, 0.1) is 0 Å². The van der Waals surface area contributed by atoms with Gasteiger partial charge >= 0.3 is 0 Å². The Morgan fingerprint density at radius 3 is 2.87 bits per heavy atom. The van der Waals surface area contributed by atoms with Gasteiger partial charge in [-0.1, -0.05) is 13.0 Å². The molecule has 0 aromatic carbocycles. The summed E-state index contributed by atoms with van der Waals surface area (Å²) in [5.41, 5.74) is 10.6. The second kappa shape index (κ2) is 5.85. The summed E-state index contributed by atoms with van der Waals surface area (Å²) in [6.07, 6.45) is 0.964. The van der Waals surface area contributed by atoms with E-state index in [0.29, 0.717) is 6.54 Å². The van der Waals surface area contributed by atoms with Gasteiger partial charge in [0.25, 0.3) is 0 Å². The normalized spacial score (nSPS) is 14.8.